The number of hydrogen-bond acceptors (Lipinski definition) is 4. The number of carboxylic acid groups (broad SMARTS) is 1. The summed E-state index contributed by atoms with van der Waals surface area (Å²) in [6.07, 6.45) is -3.50. The number of piperazine rings is 1. The highest BCUT2D eigenvalue weighted by Gasteiger charge is 2.38. The summed E-state index contributed by atoms with van der Waals surface area (Å²) in [6.45, 7) is 7.09. The molecule has 0 saturated carbocycles. The monoisotopic (exact) mass is 546 g/mol. The highest BCUT2D eigenvalue weighted by atomic mass is 35.5. The molecule has 0 amide bonds. The smallest absolute Gasteiger partial charge is 0.417 e. The van der Waals surface area contributed by atoms with E-state index in [4.69, 9.17) is 16.7 Å². The number of aryl methyl sites for hydroxylation is 2. The van der Waals surface area contributed by atoms with Crippen molar-refractivity contribution in [2.75, 3.05) is 19.6 Å². The minimum atomic E-state index is -4.49. The number of aliphatic carboxylic acids is 1. The molecule has 3 rings (SSSR count). The van der Waals surface area contributed by atoms with Gasteiger partial charge in [0.1, 0.15) is 0 Å². The molecule has 1 N–H and O–H groups in total. The van der Waals surface area contributed by atoms with E-state index < -0.39 is 27.7 Å². The summed E-state index contributed by atoms with van der Waals surface area (Å²) in [5.74, 6) is -1.03. The lowest BCUT2D eigenvalue weighted by Crippen LogP contribution is -2.58. The van der Waals surface area contributed by atoms with Crippen LogP contribution in [0.3, 0.4) is 0 Å². The van der Waals surface area contributed by atoms with Gasteiger partial charge in [0.05, 0.1) is 21.9 Å². The van der Waals surface area contributed by atoms with Crippen molar-refractivity contribution in [1.29, 1.82) is 0 Å². The Hall–Kier alpha value is -2.14. The van der Waals surface area contributed by atoms with Crippen molar-refractivity contribution in [3.05, 3.63) is 63.7 Å². The van der Waals surface area contributed by atoms with Gasteiger partial charge in [0.15, 0.2) is 0 Å². The number of hydrogen-bond donors (Lipinski definition) is 1. The van der Waals surface area contributed by atoms with Gasteiger partial charge in [-0.05, 0) is 81.1 Å². The van der Waals surface area contributed by atoms with Crippen LogP contribution < -0.4 is 0 Å². The lowest BCUT2D eigenvalue weighted by Gasteiger charge is -2.43. The number of carbonyl (C=O) groups is 1. The van der Waals surface area contributed by atoms with Crippen LogP contribution in [-0.2, 0) is 33.8 Å². The lowest BCUT2D eigenvalue weighted by molar-refractivity contribution is -0.138. The van der Waals surface area contributed by atoms with Gasteiger partial charge in [0.2, 0.25) is 10.0 Å². The summed E-state index contributed by atoms with van der Waals surface area (Å²) in [6, 6.07) is 7.73. The molecule has 0 radical (unpaired) electrons. The standard InChI is InChI=1S/C25H30ClF3N2O4S/c1-16-6-8-21(12-20(16)13-24(32)33)36(34,35)31-17(2)14-30(15-18(31)3)10-4-5-19-7-9-22(23(26)11-19)25(27,28)29/h6-9,11-12,17-18H,4-5,10,13-15H2,1-3H3,(H,32,33)/t17-,18+. The lowest BCUT2D eigenvalue weighted by atomic mass is 10.1. The first-order valence-electron chi connectivity index (χ1n) is 11.6. The molecule has 1 fully saturated rings. The van der Waals surface area contributed by atoms with Crippen LogP contribution in [0.25, 0.3) is 0 Å². The van der Waals surface area contributed by atoms with E-state index in [1.165, 1.54) is 28.6 Å². The zero-order chi connectivity index (χ0) is 26.8. The van der Waals surface area contributed by atoms with Gasteiger partial charge in [-0.3, -0.25) is 4.79 Å². The molecule has 11 heteroatoms. The second-order valence-corrected chi connectivity index (χ2v) is 11.6. The molecule has 2 aromatic rings. The first-order valence-corrected chi connectivity index (χ1v) is 13.4. The van der Waals surface area contributed by atoms with Crippen molar-refractivity contribution < 1.29 is 31.5 Å². The molecule has 0 bridgehead atoms. The van der Waals surface area contributed by atoms with E-state index in [0.717, 1.165) is 11.6 Å². The van der Waals surface area contributed by atoms with E-state index in [0.29, 0.717) is 43.6 Å². The third-order valence-corrected chi connectivity index (χ3v) is 8.87. The Labute approximate surface area is 214 Å². The fraction of sp³-hybridized carbons (Fsp3) is 0.480. The van der Waals surface area contributed by atoms with Crippen LogP contribution in [-0.4, -0.2) is 60.4 Å². The molecule has 6 nitrogen and oxygen atoms in total. The molecule has 0 aliphatic carbocycles. The molecule has 36 heavy (non-hydrogen) atoms. The third-order valence-electron chi connectivity index (χ3n) is 6.43. The van der Waals surface area contributed by atoms with E-state index in [9.17, 15) is 26.4 Å². The first-order chi connectivity index (χ1) is 16.7. The Bertz CT molecular complexity index is 1210. The highest BCUT2D eigenvalue weighted by molar-refractivity contribution is 7.89. The molecule has 1 aliphatic rings. The maximum absolute atomic E-state index is 13.5. The van der Waals surface area contributed by atoms with Gasteiger partial charge in [0, 0.05) is 25.2 Å². The van der Waals surface area contributed by atoms with Gasteiger partial charge in [-0.1, -0.05) is 23.7 Å². The van der Waals surface area contributed by atoms with E-state index >= 15 is 0 Å². The summed E-state index contributed by atoms with van der Waals surface area (Å²) in [5.41, 5.74) is 1.05. The molecule has 1 heterocycles. The van der Waals surface area contributed by atoms with Gasteiger partial charge >= 0.3 is 12.1 Å². The summed E-state index contributed by atoms with van der Waals surface area (Å²) in [5, 5.41) is 8.82. The molecule has 0 unspecified atom stereocenters. The number of nitrogens with zero attached hydrogens (tertiary/aromatic N) is 2. The largest absolute Gasteiger partial charge is 0.481 e. The van der Waals surface area contributed by atoms with Gasteiger partial charge < -0.3 is 10.0 Å². The van der Waals surface area contributed by atoms with Crippen LogP contribution in [0.4, 0.5) is 13.2 Å². The molecule has 1 aliphatic heterocycles. The first kappa shape index (κ1) is 28.4. The summed E-state index contributed by atoms with van der Waals surface area (Å²) >= 11 is 5.81. The molecule has 198 valence electrons. The van der Waals surface area contributed by atoms with E-state index in [1.807, 2.05) is 13.8 Å². The van der Waals surface area contributed by atoms with Crippen molar-refractivity contribution in [1.82, 2.24) is 9.21 Å². The van der Waals surface area contributed by atoms with E-state index in [1.54, 1.807) is 13.0 Å². The molecule has 2 atom stereocenters. The van der Waals surface area contributed by atoms with Gasteiger partial charge in [-0.2, -0.15) is 17.5 Å². The highest BCUT2D eigenvalue weighted by Crippen LogP contribution is 2.35. The summed E-state index contributed by atoms with van der Waals surface area (Å²) in [4.78, 5) is 13.4. The van der Waals surface area contributed by atoms with Crippen molar-refractivity contribution >= 4 is 27.6 Å². The van der Waals surface area contributed by atoms with E-state index in [2.05, 4.69) is 4.90 Å². The zero-order valence-electron chi connectivity index (χ0n) is 20.3. The number of alkyl halides is 3. The Morgan fingerprint density at radius 2 is 1.75 bits per heavy atom. The van der Waals surface area contributed by atoms with Gasteiger partial charge in [-0.25, -0.2) is 8.42 Å². The summed E-state index contributed by atoms with van der Waals surface area (Å²) in [7, 11) is -3.84. The molecule has 1 saturated heterocycles. The Morgan fingerprint density at radius 3 is 2.31 bits per heavy atom. The fourth-order valence-corrected chi connectivity index (χ4v) is 6.97. The van der Waals surface area contributed by atoms with Crippen LogP contribution in [0.5, 0.6) is 0 Å². The number of rotatable bonds is 8. The van der Waals surface area contributed by atoms with Gasteiger partial charge in [-0.15, -0.1) is 0 Å². The Kier molecular flexibility index (Phi) is 8.75. The van der Waals surface area contributed by atoms with Gasteiger partial charge in [0.25, 0.3) is 0 Å². The van der Waals surface area contributed by atoms with Crippen molar-refractivity contribution in [3.63, 3.8) is 0 Å². The van der Waals surface area contributed by atoms with Crippen molar-refractivity contribution in [2.45, 2.75) is 63.2 Å². The maximum Gasteiger partial charge on any atom is 0.417 e. The zero-order valence-corrected chi connectivity index (χ0v) is 21.9. The number of sulfonamides is 1. The minimum Gasteiger partial charge on any atom is -0.481 e. The second kappa shape index (κ2) is 11.1. The predicted molar refractivity (Wildman–Crippen MR) is 132 cm³/mol. The topological polar surface area (TPSA) is 77.9 Å². The summed E-state index contributed by atoms with van der Waals surface area (Å²) < 4.78 is 67.1. The van der Waals surface area contributed by atoms with Crippen LogP contribution in [0.2, 0.25) is 5.02 Å². The molecule has 0 aromatic heterocycles. The van der Waals surface area contributed by atoms with Crippen molar-refractivity contribution in [2.24, 2.45) is 0 Å². The fourth-order valence-electron chi connectivity index (χ4n) is 4.81. The van der Waals surface area contributed by atoms with Crippen LogP contribution in [0.15, 0.2) is 41.3 Å². The second-order valence-electron chi connectivity index (χ2n) is 9.37. The normalized spacial score (nSPS) is 20.0. The predicted octanol–water partition coefficient (Wildman–Crippen LogP) is 5.01. The van der Waals surface area contributed by atoms with Crippen LogP contribution in [0.1, 0.15) is 42.5 Å². The molecule has 0 spiro atoms. The quantitative estimate of drug-likeness (QED) is 0.503. The average Bonchev–Trinajstić information content (AvgIpc) is 2.73. The Balaban J connectivity index is 1.64. The van der Waals surface area contributed by atoms with Crippen LogP contribution >= 0.6 is 11.6 Å². The average molecular weight is 547 g/mol. The third kappa shape index (κ3) is 6.59. The molecule has 2 aromatic carbocycles. The number of benzene rings is 2. The number of carboxylic acids is 1. The van der Waals surface area contributed by atoms with Crippen molar-refractivity contribution in [3.8, 4) is 0 Å². The molecular formula is C25H30ClF3N2O4S. The molecular weight excluding hydrogens is 517 g/mol. The van der Waals surface area contributed by atoms with Crippen LogP contribution in [0, 0.1) is 6.92 Å². The SMILES string of the molecule is Cc1ccc(S(=O)(=O)N2[C@H](C)CN(CCCc3ccc(C(F)(F)F)c(Cl)c3)C[C@@H]2C)cc1CC(=O)O. The minimum absolute atomic E-state index is 0.0793. The Morgan fingerprint density at radius 1 is 1.11 bits per heavy atom. The van der Waals surface area contributed by atoms with E-state index in [-0.39, 0.29) is 28.4 Å². The number of halogens is 4. The maximum atomic E-state index is 13.5.